The molecule has 0 saturated carbocycles. The predicted octanol–water partition coefficient (Wildman–Crippen LogP) is 3.52. The van der Waals surface area contributed by atoms with E-state index in [9.17, 15) is 8.78 Å². The summed E-state index contributed by atoms with van der Waals surface area (Å²) in [5.74, 6) is -1.98. The molecule has 1 aromatic carbocycles. The van der Waals surface area contributed by atoms with Crippen LogP contribution in [0.5, 0.6) is 5.88 Å². The summed E-state index contributed by atoms with van der Waals surface area (Å²) in [6.45, 7) is 3.74. The van der Waals surface area contributed by atoms with Crippen LogP contribution >= 0.6 is 0 Å². The molecule has 4 heterocycles. The minimum absolute atomic E-state index is 0.106. The average molecular weight is 472 g/mol. The third-order valence-electron chi connectivity index (χ3n) is 6.09. The summed E-state index contributed by atoms with van der Waals surface area (Å²) >= 11 is 0. The molecule has 2 atom stereocenters. The molecule has 0 spiro atoms. The zero-order valence-electron chi connectivity index (χ0n) is 18.4. The Morgan fingerprint density at radius 1 is 1.06 bits per heavy atom. The van der Waals surface area contributed by atoms with Crippen molar-refractivity contribution in [3.05, 3.63) is 59.9 Å². The summed E-state index contributed by atoms with van der Waals surface area (Å²) < 4.78 is 54.5. The van der Waals surface area contributed by atoms with Gasteiger partial charge in [-0.2, -0.15) is 9.37 Å². The van der Waals surface area contributed by atoms with Gasteiger partial charge in [-0.15, -0.1) is 0 Å². The molecule has 34 heavy (non-hydrogen) atoms. The number of nitrogens with one attached hydrogen (secondary N) is 1. The van der Waals surface area contributed by atoms with Crippen LogP contribution in [0.15, 0.2) is 36.9 Å². The van der Waals surface area contributed by atoms with E-state index >= 15 is 4.39 Å². The summed E-state index contributed by atoms with van der Waals surface area (Å²) in [6.07, 6.45) is 3.76. The summed E-state index contributed by atoms with van der Waals surface area (Å²) in [7, 11) is 0. The maximum Gasteiger partial charge on any atom is 0.256 e. The van der Waals surface area contributed by atoms with Crippen LogP contribution < -0.4 is 15.0 Å². The van der Waals surface area contributed by atoms with E-state index in [1.165, 1.54) is 12.4 Å². The lowest BCUT2D eigenvalue weighted by Gasteiger charge is -2.46. The maximum atomic E-state index is 15.2. The standard InChI is InChI=1S/C23H23F3N6O2/c1-2-13-3-4-18(17(25)5-13)31-21-19(26)22(30-12-29-21)34-20-14-8-32(9-15(20)11-33-10-14)23-27-6-16(24)7-28-23/h3-7,12,14-15,20H,2,8-11H2,1H3,(H,29,30,31). The Hall–Kier alpha value is -3.47. The summed E-state index contributed by atoms with van der Waals surface area (Å²) in [5.41, 5.74) is 0.944. The highest BCUT2D eigenvalue weighted by Crippen LogP contribution is 2.34. The third-order valence-corrected chi connectivity index (χ3v) is 6.09. The number of hydrogen-bond acceptors (Lipinski definition) is 8. The van der Waals surface area contributed by atoms with Crippen LogP contribution in [-0.2, 0) is 11.2 Å². The second kappa shape index (κ2) is 9.41. The molecule has 0 aliphatic carbocycles. The Morgan fingerprint density at radius 3 is 2.47 bits per heavy atom. The smallest absolute Gasteiger partial charge is 0.256 e. The predicted molar refractivity (Wildman–Crippen MR) is 117 cm³/mol. The van der Waals surface area contributed by atoms with Crippen molar-refractivity contribution in [2.24, 2.45) is 11.8 Å². The van der Waals surface area contributed by atoms with Crippen molar-refractivity contribution in [3.8, 4) is 5.88 Å². The van der Waals surface area contributed by atoms with Gasteiger partial charge in [-0.05, 0) is 24.1 Å². The topological polar surface area (TPSA) is 85.3 Å². The van der Waals surface area contributed by atoms with Gasteiger partial charge in [0, 0.05) is 24.9 Å². The summed E-state index contributed by atoms with van der Waals surface area (Å²) in [5, 5.41) is 2.69. The molecule has 2 aromatic heterocycles. The van der Waals surface area contributed by atoms with Gasteiger partial charge in [-0.25, -0.2) is 23.7 Å². The molecular weight excluding hydrogens is 449 g/mol. The third kappa shape index (κ3) is 4.47. The first-order valence-corrected chi connectivity index (χ1v) is 11.0. The maximum absolute atomic E-state index is 15.2. The van der Waals surface area contributed by atoms with Gasteiger partial charge in [0.2, 0.25) is 11.8 Å². The van der Waals surface area contributed by atoms with E-state index in [0.29, 0.717) is 38.7 Å². The fourth-order valence-corrected chi connectivity index (χ4v) is 4.38. The average Bonchev–Trinajstić information content (AvgIpc) is 2.83. The Labute approximate surface area is 194 Å². The lowest BCUT2D eigenvalue weighted by atomic mass is 9.84. The minimum Gasteiger partial charge on any atom is -0.471 e. The second-order valence-corrected chi connectivity index (χ2v) is 8.38. The van der Waals surface area contributed by atoms with Crippen molar-refractivity contribution >= 4 is 17.5 Å². The van der Waals surface area contributed by atoms with Crippen molar-refractivity contribution in [2.45, 2.75) is 19.4 Å². The molecule has 2 fully saturated rings. The van der Waals surface area contributed by atoms with Crippen molar-refractivity contribution in [1.29, 1.82) is 0 Å². The van der Waals surface area contributed by atoms with Crippen LogP contribution in [-0.4, -0.2) is 52.3 Å². The Morgan fingerprint density at radius 2 is 1.79 bits per heavy atom. The summed E-state index contributed by atoms with van der Waals surface area (Å²) in [4.78, 5) is 18.0. The quantitative estimate of drug-likeness (QED) is 0.584. The Kier molecular flexibility index (Phi) is 6.18. The second-order valence-electron chi connectivity index (χ2n) is 8.38. The van der Waals surface area contributed by atoms with Crippen molar-refractivity contribution in [2.75, 3.05) is 36.5 Å². The number of anilines is 3. The van der Waals surface area contributed by atoms with Gasteiger partial charge in [0.05, 0.1) is 31.3 Å². The number of aryl methyl sites for hydroxylation is 1. The molecule has 2 aliphatic heterocycles. The van der Waals surface area contributed by atoms with Crippen LogP contribution in [0.3, 0.4) is 0 Å². The van der Waals surface area contributed by atoms with E-state index in [2.05, 4.69) is 25.3 Å². The van der Waals surface area contributed by atoms with Gasteiger partial charge in [-0.1, -0.05) is 13.0 Å². The minimum atomic E-state index is -0.801. The van der Waals surface area contributed by atoms with E-state index in [-0.39, 0.29) is 35.3 Å². The number of halogens is 3. The van der Waals surface area contributed by atoms with E-state index < -0.39 is 17.5 Å². The molecular formula is C23H23F3N6O2. The van der Waals surface area contributed by atoms with Crippen LogP contribution in [0, 0.1) is 29.3 Å². The molecule has 2 saturated heterocycles. The lowest BCUT2D eigenvalue weighted by molar-refractivity contribution is -0.0781. The number of hydrogen-bond donors (Lipinski definition) is 1. The molecule has 1 N–H and O–H groups in total. The normalized spacial score (nSPS) is 21.9. The van der Waals surface area contributed by atoms with Gasteiger partial charge < -0.3 is 19.7 Å². The SMILES string of the molecule is CCc1ccc(Nc2ncnc(OC3C4COCC3CN(c3ncc(F)cn3)C4)c2F)c(F)c1. The van der Waals surface area contributed by atoms with E-state index in [0.717, 1.165) is 18.0 Å². The highest BCUT2D eigenvalue weighted by atomic mass is 19.1. The van der Waals surface area contributed by atoms with E-state index in [4.69, 9.17) is 9.47 Å². The fourth-order valence-electron chi connectivity index (χ4n) is 4.38. The van der Waals surface area contributed by atoms with E-state index in [1.54, 1.807) is 12.1 Å². The van der Waals surface area contributed by atoms with Crippen molar-refractivity contribution in [3.63, 3.8) is 0 Å². The molecule has 2 aliphatic rings. The van der Waals surface area contributed by atoms with Crippen LogP contribution in [0.4, 0.5) is 30.6 Å². The highest BCUT2D eigenvalue weighted by molar-refractivity contribution is 5.58. The first kappa shape index (κ1) is 22.3. The lowest BCUT2D eigenvalue weighted by Crippen LogP contribution is -2.58. The molecule has 8 nitrogen and oxygen atoms in total. The number of aromatic nitrogens is 4. The number of fused-ring (bicyclic) bond motifs is 2. The highest BCUT2D eigenvalue weighted by Gasteiger charge is 2.43. The Balaban J connectivity index is 1.33. The number of nitrogens with zero attached hydrogens (tertiary/aromatic N) is 5. The molecule has 3 aromatic rings. The summed E-state index contributed by atoms with van der Waals surface area (Å²) in [6, 6.07) is 4.71. The molecule has 0 amide bonds. The number of rotatable bonds is 6. The first-order valence-electron chi connectivity index (χ1n) is 11.0. The van der Waals surface area contributed by atoms with Crippen LogP contribution in [0.25, 0.3) is 0 Å². The van der Waals surface area contributed by atoms with Crippen LogP contribution in [0.2, 0.25) is 0 Å². The zero-order chi connectivity index (χ0) is 23.7. The molecule has 178 valence electrons. The van der Waals surface area contributed by atoms with Gasteiger partial charge in [0.15, 0.2) is 11.6 Å². The fraction of sp³-hybridized carbons (Fsp3) is 0.391. The van der Waals surface area contributed by atoms with Crippen molar-refractivity contribution in [1.82, 2.24) is 19.9 Å². The monoisotopic (exact) mass is 472 g/mol. The number of piperidine rings is 1. The van der Waals surface area contributed by atoms with Crippen molar-refractivity contribution < 1.29 is 22.6 Å². The van der Waals surface area contributed by atoms with Gasteiger partial charge >= 0.3 is 0 Å². The molecule has 5 rings (SSSR count). The zero-order valence-corrected chi connectivity index (χ0v) is 18.4. The largest absolute Gasteiger partial charge is 0.471 e. The van der Waals surface area contributed by atoms with E-state index in [1.807, 2.05) is 11.8 Å². The molecule has 2 unspecified atom stereocenters. The number of benzene rings is 1. The van der Waals surface area contributed by atoms with Gasteiger partial charge in [0.25, 0.3) is 5.88 Å². The van der Waals surface area contributed by atoms with Gasteiger partial charge in [-0.3, -0.25) is 0 Å². The first-order chi connectivity index (χ1) is 16.5. The van der Waals surface area contributed by atoms with Crippen LogP contribution in [0.1, 0.15) is 12.5 Å². The Bertz CT molecular complexity index is 1150. The number of ether oxygens (including phenoxy) is 2. The van der Waals surface area contributed by atoms with Gasteiger partial charge in [0.1, 0.15) is 18.2 Å². The molecule has 0 radical (unpaired) electrons. The molecule has 2 bridgehead atoms. The molecule has 11 heteroatoms.